The first-order valence-corrected chi connectivity index (χ1v) is 3.21. The average Bonchev–Trinajstić information content (AvgIpc) is 1.89. The molecular weight excluding hydrogens is 114 g/mol. The van der Waals surface area contributed by atoms with Gasteiger partial charge >= 0.3 is 0 Å². The van der Waals surface area contributed by atoms with Gasteiger partial charge in [0.2, 0.25) is 0 Å². The summed E-state index contributed by atoms with van der Waals surface area (Å²) >= 11 is 0. The second-order valence-electron chi connectivity index (χ2n) is 2.18. The lowest BCUT2D eigenvalue weighted by molar-refractivity contribution is 0.256. The number of hydrogen-bond donors (Lipinski definition) is 0. The van der Waals surface area contributed by atoms with Crippen molar-refractivity contribution in [3.63, 3.8) is 0 Å². The van der Waals surface area contributed by atoms with E-state index in [1.165, 1.54) is 0 Å². The van der Waals surface area contributed by atoms with Gasteiger partial charge < -0.3 is 4.84 Å². The van der Waals surface area contributed by atoms with Gasteiger partial charge in [0.15, 0.2) is 0 Å². The fourth-order valence-corrected chi connectivity index (χ4v) is 0.882. The molecule has 0 saturated heterocycles. The van der Waals surface area contributed by atoms with Crippen molar-refractivity contribution < 1.29 is 4.84 Å². The molecule has 1 aliphatic rings. The average molecular weight is 125 g/mol. The molecule has 0 aromatic rings. The highest BCUT2D eigenvalue weighted by molar-refractivity contribution is 5.85. The molecule has 0 fully saturated rings. The van der Waals surface area contributed by atoms with Crippen LogP contribution < -0.4 is 0 Å². The molecule has 1 unspecified atom stereocenters. The van der Waals surface area contributed by atoms with Gasteiger partial charge in [-0.1, -0.05) is 12.1 Å². The summed E-state index contributed by atoms with van der Waals surface area (Å²) in [5, 5.41) is 3.81. The van der Waals surface area contributed by atoms with E-state index in [4.69, 9.17) is 4.84 Å². The van der Waals surface area contributed by atoms with Crippen LogP contribution in [0.25, 0.3) is 0 Å². The molecule has 0 radical (unpaired) electrons. The third kappa shape index (κ3) is 1.31. The van der Waals surface area contributed by atoms with Crippen LogP contribution in [0.2, 0.25) is 0 Å². The predicted octanol–water partition coefficient (Wildman–Crippen LogP) is 1.93. The van der Waals surface area contributed by atoms with Crippen molar-refractivity contribution in [1.29, 1.82) is 0 Å². The van der Waals surface area contributed by atoms with E-state index >= 15 is 0 Å². The van der Waals surface area contributed by atoms with Gasteiger partial charge in [-0.05, 0) is 19.4 Å². The number of allylic oxidation sites excluding steroid dienone is 1. The lowest BCUT2D eigenvalue weighted by atomic mass is 10.0. The van der Waals surface area contributed by atoms with E-state index in [0.717, 1.165) is 12.1 Å². The molecule has 0 aromatic heterocycles. The fraction of sp³-hybridized carbons (Fsp3) is 0.571. The van der Waals surface area contributed by atoms with Crippen LogP contribution in [0.4, 0.5) is 0 Å². The summed E-state index contributed by atoms with van der Waals surface area (Å²) in [6.45, 7) is 4.12. The summed E-state index contributed by atoms with van der Waals surface area (Å²) in [5.41, 5.74) is 1.07. The van der Waals surface area contributed by atoms with E-state index in [1.54, 1.807) is 6.26 Å². The molecule has 0 N–H and O–H groups in total. The van der Waals surface area contributed by atoms with E-state index in [9.17, 15) is 0 Å². The van der Waals surface area contributed by atoms with Crippen LogP contribution in [0.1, 0.15) is 20.3 Å². The maximum atomic E-state index is 4.72. The molecule has 50 valence electrons. The number of nitrogens with zero attached hydrogens (tertiary/aromatic N) is 1. The number of oxime groups is 1. The maximum Gasteiger partial charge on any atom is 0.118 e. The topological polar surface area (TPSA) is 21.6 Å². The van der Waals surface area contributed by atoms with Crippen LogP contribution in [-0.4, -0.2) is 5.71 Å². The zero-order valence-corrected chi connectivity index (χ0v) is 5.79. The minimum absolute atomic E-state index is 0.499. The molecule has 1 aliphatic heterocycles. The van der Waals surface area contributed by atoms with E-state index < -0.39 is 0 Å². The molecular formula is C7H11NO. The first-order chi connectivity index (χ1) is 4.34. The van der Waals surface area contributed by atoms with E-state index in [0.29, 0.717) is 5.92 Å². The van der Waals surface area contributed by atoms with Crippen LogP contribution in [0, 0.1) is 5.92 Å². The van der Waals surface area contributed by atoms with Crippen LogP contribution in [-0.2, 0) is 4.84 Å². The molecule has 0 aliphatic carbocycles. The van der Waals surface area contributed by atoms with Crippen LogP contribution in [0.3, 0.4) is 0 Å². The molecule has 0 spiro atoms. The Kier molecular flexibility index (Phi) is 1.88. The largest absolute Gasteiger partial charge is 0.365 e. The Bertz CT molecular complexity index is 149. The second kappa shape index (κ2) is 2.67. The molecule has 0 bridgehead atoms. The standard InChI is InChI=1S/C7H11NO/c1-3-7-4-5-9-8-6(7)2/h4-5,7H,3H2,1-2H3. The highest BCUT2D eigenvalue weighted by atomic mass is 16.6. The molecule has 0 saturated carbocycles. The lowest BCUT2D eigenvalue weighted by Crippen LogP contribution is -2.09. The van der Waals surface area contributed by atoms with Crippen LogP contribution >= 0.6 is 0 Å². The van der Waals surface area contributed by atoms with Gasteiger partial charge in [0, 0.05) is 5.92 Å². The van der Waals surface area contributed by atoms with Gasteiger partial charge in [0.25, 0.3) is 0 Å². The summed E-state index contributed by atoms with van der Waals surface area (Å²) in [7, 11) is 0. The summed E-state index contributed by atoms with van der Waals surface area (Å²) < 4.78 is 0. The van der Waals surface area contributed by atoms with Crippen molar-refractivity contribution in [2.24, 2.45) is 11.1 Å². The van der Waals surface area contributed by atoms with Crippen molar-refractivity contribution in [2.45, 2.75) is 20.3 Å². The molecule has 2 nitrogen and oxygen atoms in total. The van der Waals surface area contributed by atoms with Crippen LogP contribution in [0.5, 0.6) is 0 Å². The highest BCUT2D eigenvalue weighted by Crippen LogP contribution is 2.11. The smallest absolute Gasteiger partial charge is 0.118 e. The summed E-state index contributed by atoms with van der Waals surface area (Å²) in [6.07, 6.45) is 4.78. The van der Waals surface area contributed by atoms with Crippen molar-refractivity contribution in [3.8, 4) is 0 Å². The van der Waals surface area contributed by atoms with E-state index in [1.807, 2.05) is 13.0 Å². The molecule has 1 rings (SSSR count). The van der Waals surface area contributed by atoms with Crippen molar-refractivity contribution >= 4 is 5.71 Å². The fourth-order valence-electron chi connectivity index (χ4n) is 0.882. The summed E-state index contributed by atoms with van der Waals surface area (Å²) in [4.78, 5) is 4.72. The predicted molar refractivity (Wildman–Crippen MR) is 37.1 cm³/mol. The molecule has 9 heavy (non-hydrogen) atoms. The van der Waals surface area contributed by atoms with Crippen molar-refractivity contribution in [2.75, 3.05) is 0 Å². The summed E-state index contributed by atoms with van der Waals surface area (Å²) in [5.74, 6) is 0.499. The Hall–Kier alpha value is -0.790. The molecule has 2 heteroatoms. The Morgan fingerprint density at radius 3 is 3.00 bits per heavy atom. The van der Waals surface area contributed by atoms with Gasteiger partial charge in [-0.3, -0.25) is 0 Å². The van der Waals surface area contributed by atoms with Gasteiger partial charge in [-0.25, -0.2) is 0 Å². The highest BCUT2D eigenvalue weighted by Gasteiger charge is 2.08. The van der Waals surface area contributed by atoms with Crippen molar-refractivity contribution in [3.05, 3.63) is 12.3 Å². The Morgan fingerprint density at radius 1 is 1.78 bits per heavy atom. The van der Waals surface area contributed by atoms with Gasteiger partial charge in [0.05, 0.1) is 5.71 Å². The summed E-state index contributed by atoms with van der Waals surface area (Å²) in [6, 6.07) is 0. The Morgan fingerprint density at radius 2 is 2.56 bits per heavy atom. The maximum absolute atomic E-state index is 4.72. The molecule has 1 atom stereocenters. The third-order valence-electron chi connectivity index (χ3n) is 1.54. The van der Waals surface area contributed by atoms with Gasteiger partial charge in [0.1, 0.15) is 6.26 Å². The quantitative estimate of drug-likeness (QED) is 0.524. The van der Waals surface area contributed by atoms with Crippen LogP contribution in [0.15, 0.2) is 17.5 Å². The van der Waals surface area contributed by atoms with Gasteiger partial charge in [-0.15, -0.1) is 0 Å². The minimum Gasteiger partial charge on any atom is -0.365 e. The van der Waals surface area contributed by atoms with E-state index in [-0.39, 0.29) is 0 Å². The molecule has 1 heterocycles. The van der Waals surface area contributed by atoms with Crippen molar-refractivity contribution in [1.82, 2.24) is 0 Å². The van der Waals surface area contributed by atoms with E-state index in [2.05, 4.69) is 12.1 Å². The second-order valence-corrected chi connectivity index (χ2v) is 2.18. The minimum atomic E-state index is 0.499. The molecule has 0 aromatic carbocycles. The normalized spacial score (nSPS) is 25.1. The Labute approximate surface area is 55.2 Å². The SMILES string of the molecule is CCC1C=CON=C1C. The zero-order chi connectivity index (χ0) is 6.69. The number of hydrogen-bond acceptors (Lipinski definition) is 2. The van der Waals surface area contributed by atoms with Gasteiger partial charge in [-0.2, -0.15) is 0 Å². The first kappa shape index (κ1) is 6.33. The zero-order valence-electron chi connectivity index (χ0n) is 5.79. The lowest BCUT2D eigenvalue weighted by Gasteiger charge is -2.11. The Balaban J connectivity index is 2.59. The first-order valence-electron chi connectivity index (χ1n) is 3.21. The third-order valence-corrected chi connectivity index (χ3v) is 1.54. The molecule has 0 amide bonds. The number of rotatable bonds is 1. The monoisotopic (exact) mass is 125 g/mol.